The van der Waals surface area contributed by atoms with Gasteiger partial charge in [-0.15, -0.1) is 0 Å². The van der Waals surface area contributed by atoms with Gasteiger partial charge < -0.3 is 14.6 Å². The number of aryl methyl sites for hydroxylation is 1. The predicted molar refractivity (Wildman–Crippen MR) is 139 cm³/mol. The molecule has 10 heteroatoms. The number of benzene rings is 3. The second-order valence-corrected chi connectivity index (χ2v) is 9.36. The van der Waals surface area contributed by atoms with Crippen LogP contribution in [0.4, 0.5) is 19.4 Å². The number of nitrogens with zero attached hydrogens (tertiary/aromatic N) is 2. The molecule has 5 rings (SSSR count). The number of carbonyl (C=O) groups excluding carboxylic acids is 1. The minimum atomic E-state index is -1.56. The van der Waals surface area contributed by atoms with Gasteiger partial charge in [0.05, 0.1) is 6.20 Å². The van der Waals surface area contributed by atoms with Crippen molar-refractivity contribution >= 4 is 17.9 Å². The van der Waals surface area contributed by atoms with Crippen molar-refractivity contribution in [2.75, 3.05) is 5.32 Å². The highest BCUT2D eigenvalue weighted by Gasteiger charge is 2.54. The van der Waals surface area contributed by atoms with Gasteiger partial charge in [0, 0.05) is 25.5 Å². The Morgan fingerprint density at radius 2 is 1.62 bits per heavy atom. The second kappa shape index (κ2) is 10.2. The quantitative estimate of drug-likeness (QED) is 0.274. The van der Waals surface area contributed by atoms with E-state index >= 15 is 0 Å². The number of anilines is 1. The van der Waals surface area contributed by atoms with Crippen LogP contribution in [-0.4, -0.2) is 32.6 Å². The van der Waals surface area contributed by atoms with Gasteiger partial charge in [-0.25, -0.2) is 18.4 Å². The summed E-state index contributed by atoms with van der Waals surface area (Å²) in [7, 11) is 1.68. The number of nitrogens with one attached hydrogen (secondary N) is 1. The van der Waals surface area contributed by atoms with Crippen molar-refractivity contribution in [2.24, 2.45) is 7.05 Å². The Labute approximate surface area is 222 Å². The largest absolute Gasteiger partial charge is 0.478 e. The lowest BCUT2D eigenvalue weighted by atomic mass is 10.0. The smallest absolute Gasteiger partial charge is 0.413 e. The molecule has 0 saturated heterocycles. The summed E-state index contributed by atoms with van der Waals surface area (Å²) in [6.45, 7) is 1.78. The molecule has 4 aromatic rings. The summed E-state index contributed by atoms with van der Waals surface area (Å²) in [5.41, 5.74) is 1.40. The van der Waals surface area contributed by atoms with E-state index in [1.165, 1.54) is 4.68 Å². The summed E-state index contributed by atoms with van der Waals surface area (Å²) in [6, 6.07) is 18.4. The van der Waals surface area contributed by atoms with E-state index in [-0.39, 0.29) is 18.4 Å². The number of halogens is 2. The van der Waals surface area contributed by atoms with Gasteiger partial charge in [-0.2, -0.15) is 5.10 Å². The molecule has 0 bridgehead atoms. The third-order valence-electron chi connectivity index (χ3n) is 6.63. The molecule has 1 saturated carbocycles. The van der Waals surface area contributed by atoms with E-state index in [9.17, 15) is 23.5 Å². The fourth-order valence-electron chi connectivity index (χ4n) is 4.21. The van der Waals surface area contributed by atoms with Crippen molar-refractivity contribution in [1.82, 2.24) is 9.78 Å². The Kier molecular flexibility index (Phi) is 6.78. The Bertz CT molecular complexity index is 1510. The molecule has 1 fully saturated rings. The first-order chi connectivity index (χ1) is 18.7. The number of rotatable bonds is 8. The number of amides is 1. The van der Waals surface area contributed by atoms with E-state index in [0.717, 1.165) is 17.7 Å². The van der Waals surface area contributed by atoms with Crippen LogP contribution >= 0.6 is 0 Å². The van der Waals surface area contributed by atoms with Crippen LogP contribution in [0.15, 0.2) is 72.9 Å². The van der Waals surface area contributed by atoms with Crippen LogP contribution in [0.2, 0.25) is 0 Å². The molecule has 1 aliphatic carbocycles. The van der Waals surface area contributed by atoms with Gasteiger partial charge in [-0.3, -0.25) is 10.00 Å². The SMILES string of the molecule is CC(OC(=O)Nc1c(-c2ccc(-c3cc(F)c(OC4(C(=O)O)CC4)c(F)c3)cc2)cnn1C)c1ccccc1. The summed E-state index contributed by atoms with van der Waals surface area (Å²) < 4.78 is 41.6. The van der Waals surface area contributed by atoms with Crippen molar-refractivity contribution in [2.45, 2.75) is 31.5 Å². The van der Waals surface area contributed by atoms with E-state index in [1.54, 1.807) is 44.4 Å². The van der Waals surface area contributed by atoms with Crippen molar-refractivity contribution < 1.29 is 33.0 Å². The number of carbonyl (C=O) groups is 2. The molecule has 1 aliphatic rings. The predicted octanol–water partition coefficient (Wildman–Crippen LogP) is 6.34. The Morgan fingerprint density at radius 1 is 1.00 bits per heavy atom. The minimum absolute atomic E-state index is 0.194. The summed E-state index contributed by atoms with van der Waals surface area (Å²) in [5, 5.41) is 16.2. The highest BCUT2D eigenvalue weighted by atomic mass is 19.1. The van der Waals surface area contributed by atoms with Gasteiger partial charge in [0.25, 0.3) is 0 Å². The molecule has 2 N–H and O–H groups in total. The van der Waals surface area contributed by atoms with Crippen LogP contribution in [0.5, 0.6) is 5.75 Å². The number of carboxylic acid groups (broad SMARTS) is 1. The van der Waals surface area contributed by atoms with Crippen LogP contribution in [0.25, 0.3) is 22.3 Å². The Morgan fingerprint density at radius 3 is 2.21 bits per heavy atom. The first-order valence-corrected chi connectivity index (χ1v) is 12.2. The van der Waals surface area contributed by atoms with Crippen LogP contribution in [0.1, 0.15) is 31.4 Å². The van der Waals surface area contributed by atoms with Crippen LogP contribution < -0.4 is 10.1 Å². The number of aliphatic carboxylic acids is 1. The molecule has 1 amide bonds. The van der Waals surface area contributed by atoms with Crippen LogP contribution in [0, 0.1) is 11.6 Å². The molecular weight excluding hydrogens is 508 g/mol. The maximum absolute atomic E-state index is 14.7. The molecule has 200 valence electrons. The third-order valence-corrected chi connectivity index (χ3v) is 6.63. The van der Waals surface area contributed by atoms with E-state index < -0.39 is 41.2 Å². The van der Waals surface area contributed by atoms with E-state index in [1.807, 2.05) is 30.3 Å². The summed E-state index contributed by atoms with van der Waals surface area (Å²) in [5.74, 6) is -3.50. The molecule has 1 heterocycles. The number of carboxylic acids is 1. The van der Waals surface area contributed by atoms with E-state index in [4.69, 9.17) is 9.47 Å². The lowest BCUT2D eigenvalue weighted by molar-refractivity contribution is -0.147. The number of hydrogen-bond donors (Lipinski definition) is 2. The maximum atomic E-state index is 14.7. The zero-order valence-corrected chi connectivity index (χ0v) is 21.2. The average Bonchev–Trinajstić information content (AvgIpc) is 3.64. The zero-order valence-electron chi connectivity index (χ0n) is 21.2. The highest BCUT2D eigenvalue weighted by molar-refractivity contribution is 5.90. The lowest BCUT2D eigenvalue weighted by Gasteiger charge is -2.16. The van der Waals surface area contributed by atoms with Gasteiger partial charge in [0.1, 0.15) is 11.9 Å². The van der Waals surface area contributed by atoms with Crippen LogP contribution in [0.3, 0.4) is 0 Å². The average molecular weight is 534 g/mol. The minimum Gasteiger partial charge on any atom is -0.478 e. The van der Waals surface area contributed by atoms with Crippen molar-refractivity contribution in [3.05, 3.63) is 90.1 Å². The van der Waals surface area contributed by atoms with Crippen LogP contribution in [-0.2, 0) is 16.6 Å². The molecule has 8 nitrogen and oxygen atoms in total. The fourth-order valence-corrected chi connectivity index (χ4v) is 4.21. The van der Waals surface area contributed by atoms with Crippen molar-refractivity contribution in [3.63, 3.8) is 0 Å². The number of ether oxygens (including phenoxy) is 2. The van der Waals surface area contributed by atoms with Gasteiger partial charge in [-0.05, 0) is 41.3 Å². The van der Waals surface area contributed by atoms with Gasteiger partial charge in [-0.1, -0.05) is 54.6 Å². The highest BCUT2D eigenvalue weighted by Crippen LogP contribution is 2.43. The summed E-state index contributed by atoms with van der Waals surface area (Å²) in [4.78, 5) is 23.9. The molecule has 1 unspecified atom stereocenters. The van der Waals surface area contributed by atoms with E-state index in [2.05, 4.69) is 10.4 Å². The number of hydrogen-bond acceptors (Lipinski definition) is 5. The topological polar surface area (TPSA) is 103 Å². The van der Waals surface area contributed by atoms with Gasteiger partial charge >= 0.3 is 12.1 Å². The molecule has 1 aromatic heterocycles. The van der Waals surface area contributed by atoms with Gasteiger partial charge in [0.2, 0.25) is 5.60 Å². The van der Waals surface area contributed by atoms with Gasteiger partial charge in [0.15, 0.2) is 17.4 Å². The number of aromatic nitrogens is 2. The molecule has 0 radical (unpaired) electrons. The summed E-state index contributed by atoms with van der Waals surface area (Å²) in [6.07, 6.45) is 0.877. The zero-order chi connectivity index (χ0) is 27.7. The second-order valence-electron chi connectivity index (χ2n) is 9.36. The molecule has 39 heavy (non-hydrogen) atoms. The summed E-state index contributed by atoms with van der Waals surface area (Å²) >= 11 is 0. The van der Waals surface area contributed by atoms with E-state index in [0.29, 0.717) is 22.5 Å². The fraction of sp³-hybridized carbons (Fsp3) is 0.207. The molecule has 0 aliphatic heterocycles. The first kappa shape index (κ1) is 25.9. The standard InChI is InChI=1S/C29H25F2N3O5/c1-17(18-6-4-3-5-7-18)38-28(37)33-26-22(16-32-34(26)2)20-10-8-19(9-11-20)21-14-23(30)25(24(31)15-21)39-29(12-13-29)27(35)36/h3-11,14-17H,12-13H2,1-2H3,(H,33,37)(H,35,36). The maximum Gasteiger partial charge on any atom is 0.413 e. The first-order valence-electron chi connectivity index (χ1n) is 12.2. The monoisotopic (exact) mass is 533 g/mol. The Hall–Kier alpha value is -4.73. The Balaban J connectivity index is 1.32. The third kappa shape index (κ3) is 5.31. The molecule has 3 aromatic carbocycles. The molecule has 0 spiro atoms. The lowest BCUT2D eigenvalue weighted by Crippen LogP contribution is -2.29. The normalized spacial score (nSPS) is 14.4. The van der Waals surface area contributed by atoms with Crippen molar-refractivity contribution in [3.8, 4) is 28.0 Å². The van der Waals surface area contributed by atoms with Crippen molar-refractivity contribution in [1.29, 1.82) is 0 Å². The molecular formula is C29H25F2N3O5. The molecule has 1 atom stereocenters.